The largest absolute Gasteiger partial charge is 0.478 e. The number of benzene rings is 2. The van der Waals surface area contributed by atoms with E-state index in [2.05, 4.69) is 15.2 Å². The number of unbranched alkanes of at least 4 members (excludes halogenated alkanes) is 2. The summed E-state index contributed by atoms with van der Waals surface area (Å²) in [4.78, 5) is 17.6. The van der Waals surface area contributed by atoms with Crippen molar-refractivity contribution in [2.45, 2.75) is 32.6 Å². The van der Waals surface area contributed by atoms with Crippen LogP contribution < -0.4 is 4.74 Å². The van der Waals surface area contributed by atoms with Crippen LogP contribution in [0.1, 0.15) is 49.3 Å². The van der Waals surface area contributed by atoms with E-state index in [4.69, 9.17) is 16.3 Å². The Labute approximate surface area is 237 Å². The number of carbonyl (C=O) groups excluding carboxylic acids is 1. The zero-order valence-electron chi connectivity index (χ0n) is 22.7. The van der Waals surface area contributed by atoms with Crippen LogP contribution in [-0.2, 0) is 4.79 Å². The van der Waals surface area contributed by atoms with E-state index in [0.717, 1.165) is 41.5 Å². The summed E-state index contributed by atoms with van der Waals surface area (Å²) in [6, 6.07) is 13.4. The highest BCUT2D eigenvalue weighted by atomic mass is 35.5. The summed E-state index contributed by atoms with van der Waals surface area (Å²) in [5.41, 5.74) is 4.40. The molecule has 0 saturated carbocycles. The van der Waals surface area contributed by atoms with E-state index in [1.165, 1.54) is 17.0 Å². The molecule has 0 bridgehead atoms. The molecule has 4 aromatic rings. The number of hydrogen-bond donors (Lipinski definition) is 1. The smallest absolute Gasteiger partial charge is 0.245 e. The molecule has 0 aliphatic heterocycles. The number of allylic oxidation sites excluding steroid dienone is 2. The molecule has 0 spiro atoms. The Kier molecular flexibility index (Phi) is 9.66. The molecule has 0 saturated heterocycles. The summed E-state index contributed by atoms with van der Waals surface area (Å²) in [7, 11) is 3.44. The molecule has 6 nitrogen and oxygen atoms in total. The van der Waals surface area contributed by atoms with Gasteiger partial charge in [0, 0.05) is 31.9 Å². The monoisotopic (exact) mass is 564 g/mol. The second kappa shape index (κ2) is 13.3. The summed E-state index contributed by atoms with van der Waals surface area (Å²) in [6.45, 7) is 2.48. The predicted molar refractivity (Wildman–Crippen MR) is 155 cm³/mol. The van der Waals surface area contributed by atoms with E-state index in [9.17, 15) is 13.6 Å². The molecule has 0 radical (unpaired) electrons. The molecule has 2 aromatic heterocycles. The Bertz CT molecular complexity index is 1540. The molecule has 40 heavy (non-hydrogen) atoms. The van der Waals surface area contributed by atoms with Gasteiger partial charge >= 0.3 is 0 Å². The maximum absolute atomic E-state index is 14.4. The molecule has 2 heterocycles. The molecule has 0 aliphatic rings. The van der Waals surface area contributed by atoms with Crippen molar-refractivity contribution < 1.29 is 18.3 Å². The number of aromatic nitrogens is 3. The van der Waals surface area contributed by atoms with Crippen LogP contribution in [0.2, 0.25) is 5.02 Å². The minimum Gasteiger partial charge on any atom is -0.478 e. The zero-order valence-corrected chi connectivity index (χ0v) is 23.4. The molecule has 1 N–H and O–H groups in total. The fraction of sp³-hybridized carbons (Fsp3) is 0.258. The van der Waals surface area contributed by atoms with Crippen LogP contribution >= 0.6 is 11.6 Å². The SMILES string of the molecule is CC/C(=C(/c1ccc(OCCCC/C=C/C(=O)N(C)C)nc1)c1ccc2n[nH]c(F)c2c1)c1ccc(F)cc1Cl. The van der Waals surface area contributed by atoms with Gasteiger partial charge in [0.15, 0.2) is 0 Å². The Hall–Kier alpha value is -4.04. The quantitative estimate of drug-likeness (QED) is 0.117. The van der Waals surface area contributed by atoms with E-state index >= 15 is 0 Å². The van der Waals surface area contributed by atoms with Gasteiger partial charge in [-0.15, -0.1) is 0 Å². The molecule has 0 atom stereocenters. The highest BCUT2D eigenvalue weighted by Crippen LogP contribution is 2.38. The second-order valence-corrected chi connectivity index (χ2v) is 9.87. The van der Waals surface area contributed by atoms with Gasteiger partial charge in [-0.2, -0.15) is 9.49 Å². The molecule has 208 valence electrons. The maximum atomic E-state index is 14.4. The highest BCUT2D eigenvalue weighted by Gasteiger charge is 2.18. The molecular formula is C31H31ClF2N4O2. The lowest BCUT2D eigenvalue weighted by Crippen LogP contribution is -2.18. The van der Waals surface area contributed by atoms with Crippen LogP contribution in [0.15, 0.2) is 66.9 Å². The first-order chi connectivity index (χ1) is 19.3. The molecule has 9 heteroatoms. The van der Waals surface area contributed by atoms with Crippen molar-refractivity contribution in [3.8, 4) is 5.88 Å². The van der Waals surface area contributed by atoms with Crippen LogP contribution in [0, 0.1) is 11.8 Å². The summed E-state index contributed by atoms with van der Waals surface area (Å²) in [5, 5.41) is 7.02. The average molecular weight is 565 g/mol. The van der Waals surface area contributed by atoms with Gasteiger partial charge in [-0.1, -0.05) is 36.7 Å². The average Bonchev–Trinajstić information content (AvgIpc) is 3.31. The van der Waals surface area contributed by atoms with Gasteiger partial charge in [-0.05, 0) is 84.4 Å². The Morgan fingerprint density at radius 2 is 1.88 bits per heavy atom. The number of aromatic amines is 1. The van der Waals surface area contributed by atoms with E-state index in [-0.39, 0.29) is 5.91 Å². The summed E-state index contributed by atoms with van der Waals surface area (Å²) < 4.78 is 34.1. The Morgan fingerprint density at radius 1 is 1.07 bits per heavy atom. The molecule has 1 amide bonds. The van der Waals surface area contributed by atoms with Crippen molar-refractivity contribution in [1.82, 2.24) is 20.1 Å². The van der Waals surface area contributed by atoms with Gasteiger partial charge in [0.1, 0.15) is 5.82 Å². The van der Waals surface area contributed by atoms with E-state index in [1.807, 2.05) is 25.1 Å². The number of pyridine rings is 1. The van der Waals surface area contributed by atoms with Crippen LogP contribution in [0.3, 0.4) is 0 Å². The van der Waals surface area contributed by atoms with E-state index < -0.39 is 11.8 Å². The van der Waals surface area contributed by atoms with Crippen molar-refractivity contribution in [2.75, 3.05) is 20.7 Å². The number of halogens is 3. The number of H-pyrrole nitrogens is 1. The van der Waals surface area contributed by atoms with Crippen molar-refractivity contribution in [1.29, 1.82) is 0 Å². The van der Waals surface area contributed by atoms with Gasteiger partial charge in [-0.3, -0.25) is 9.89 Å². The number of nitrogens with zero attached hydrogens (tertiary/aromatic N) is 3. The number of likely N-dealkylation sites (N-methyl/N-ethyl adjacent to an activating group) is 1. The first kappa shape index (κ1) is 29.0. The van der Waals surface area contributed by atoms with Crippen molar-refractivity contribution in [2.24, 2.45) is 0 Å². The summed E-state index contributed by atoms with van der Waals surface area (Å²) in [6.07, 6.45) is 8.23. The molecule has 4 rings (SSSR count). The lowest BCUT2D eigenvalue weighted by molar-refractivity contribution is -0.123. The van der Waals surface area contributed by atoms with E-state index in [0.29, 0.717) is 40.4 Å². The maximum Gasteiger partial charge on any atom is 0.245 e. The highest BCUT2D eigenvalue weighted by molar-refractivity contribution is 6.32. The summed E-state index contributed by atoms with van der Waals surface area (Å²) >= 11 is 6.47. The van der Waals surface area contributed by atoms with Crippen LogP contribution in [0.5, 0.6) is 5.88 Å². The topological polar surface area (TPSA) is 71.1 Å². The standard InChI is InChI=1S/C31H31ClF2N4O2/c1-4-23(24-13-12-22(33)18-26(24)32)30(20-10-14-27-25(17-20)31(34)37-36-27)21-11-15-28(35-19-21)40-16-8-6-5-7-9-29(39)38(2)3/h7,9-15,17-19H,4-6,8,16H2,1-3H3,(H,36,37)/b9-7+,30-23-. The molecular weight excluding hydrogens is 534 g/mol. The van der Waals surface area contributed by atoms with Gasteiger partial charge < -0.3 is 9.64 Å². The molecule has 0 fully saturated rings. The third kappa shape index (κ3) is 6.93. The summed E-state index contributed by atoms with van der Waals surface area (Å²) in [5.74, 6) is -0.489. The number of carbonyl (C=O) groups is 1. The number of rotatable bonds is 11. The number of fused-ring (bicyclic) bond motifs is 1. The Balaban J connectivity index is 1.58. The molecule has 0 aliphatic carbocycles. The lowest BCUT2D eigenvalue weighted by atomic mass is 9.88. The van der Waals surface area contributed by atoms with E-state index in [1.54, 1.807) is 50.6 Å². The van der Waals surface area contributed by atoms with Gasteiger partial charge in [-0.25, -0.2) is 9.37 Å². The first-order valence-electron chi connectivity index (χ1n) is 13.1. The lowest BCUT2D eigenvalue weighted by Gasteiger charge is -2.17. The third-order valence-electron chi connectivity index (χ3n) is 6.45. The molecule has 0 unspecified atom stereocenters. The molecule has 2 aromatic carbocycles. The minimum atomic E-state index is -0.518. The number of amides is 1. The van der Waals surface area contributed by atoms with Crippen LogP contribution in [-0.4, -0.2) is 46.7 Å². The Morgan fingerprint density at radius 3 is 2.58 bits per heavy atom. The van der Waals surface area contributed by atoms with Gasteiger partial charge in [0.05, 0.1) is 22.5 Å². The first-order valence-corrected chi connectivity index (χ1v) is 13.5. The van der Waals surface area contributed by atoms with Crippen molar-refractivity contribution in [3.63, 3.8) is 0 Å². The predicted octanol–water partition coefficient (Wildman–Crippen LogP) is 7.45. The number of hydrogen-bond acceptors (Lipinski definition) is 4. The van der Waals surface area contributed by atoms with Crippen molar-refractivity contribution >= 4 is 39.6 Å². The fourth-order valence-electron chi connectivity index (χ4n) is 4.37. The number of ether oxygens (including phenoxy) is 1. The minimum absolute atomic E-state index is 0.0308. The normalized spacial score (nSPS) is 12.2. The van der Waals surface area contributed by atoms with Crippen LogP contribution in [0.4, 0.5) is 8.78 Å². The van der Waals surface area contributed by atoms with Gasteiger partial charge in [0.2, 0.25) is 17.7 Å². The second-order valence-electron chi connectivity index (χ2n) is 9.47. The van der Waals surface area contributed by atoms with Crippen LogP contribution in [0.25, 0.3) is 22.0 Å². The number of nitrogens with one attached hydrogen (secondary N) is 1. The van der Waals surface area contributed by atoms with Crippen molar-refractivity contribution in [3.05, 3.63) is 100 Å². The van der Waals surface area contributed by atoms with Gasteiger partial charge in [0.25, 0.3) is 0 Å². The fourth-order valence-corrected chi connectivity index (χ4v) is 4.65. The third-order valence-corrected chi connectivity index (χ3v) is 6.76. The zero-order chi connectivity index (χ0) is 28.6.